The molecule has 3 aromatic carbocycles. The maximum atomic E-state index is 13.8. The SMILES string of the molecule is CC(=O)Oc1ccc(C(c2c(C)[nH]n(-c3ccccc3)c2=O)c2c(C)[nH]n(-c3ccccc3)c2=O)cc1. The maximum Gasteiger partial charge on any atom is 0.308 e. The van der Waals surface area contributed by atoms with E-state index >= 15 is 0 Å². The monoisotopic (exact) mass is 494 g/mol. The van der Waals surface area contributed by atoms with Gasteiger partial charge in [-0.05, 0) is 55.8 Å². The predicted octanol–water partition coefficient (Wildman–Crippen LogP) is 4.37. The van der Waals surface area contributed by atoms with Crippen LogP contribution in [0.15, 0.2) is 94.5 Å². The van der Waals surface area contributed by atoms with Crippen molar-refractivity contribution in [3.05, 3.63) is 134 Å². The molecule has 0 amide bonds. The van der Waals surface area contributed by atoms with E-state index in [1.807, 2.05) is 74.5 Å². The van der Waals surface area contributed by atoms with Crippen LogP contribution in [0.5, 0.6) is 5.75 Å². The van der Waals surface area contributed by atoms with E-state index in [-0.39, 0.29) is 11.1 Å². The van der Waals surface area contributed by atoms with E-state index in [9.17, 15) is 14.4 Å². The van der Waals surface area contributed by atoms with E-state index in [1.54, 1.807) is 24.3 Å². The lowest BCUT2D eigenvalue weighted by atomic mass is 9.85. The first-order chi connectivity index (χ1) is 17.8. The third-order valence-corrected chi connectivity index (χ3v) is 6.32. The zero-order chi connectivity index (χ0) is 26.1. The zero-order valence-electron chi connectivity index (χ0n) is 20.7. The van der Waals surface area contributed by atoms with E-state index in [0.717, 1.165) is 5.56 Å². The van der Waals surface area contributed by atoms with E-state index in [4.69, 9.17) is 4.74 Å². The molecule has 186 valence electrons. The second-order valence-corrected chi connectivity index (χ2v) is 8.85. The van der Waals surface area contributed by atoms with Gasteiger partial charge in [-0.2, -0.15) is 0 Å². The van der Waals surface area contributed by atoms with Crippen LogP contribution in [0, 0.1) is 13.8 Å². The van der Waals surface area contributed by atoms with Gasteiger partial charge in [0.1, 0.15) is 5.75 Å². The molecule has 5 aromatic rings. The van der Waals surface area contributed by atoms with Gasteiger partial charge in [-0.3, -0.25) is 24.6 Å². The minimum Gasteiger partial charge on any atom is -0.427 e. The van der Waals surface area contributed by atoms with Crippen LogP contribution in [0.3, 0.4) is 0 Å². The molecule has 2 aromatic heterocycles. The summed E-state index contributed by atoms with van der Waals surface area (Å²) in [5, 5.41) is 6.36. The van der Waals surface area contributed by atoms with Crippen LogP contribution < -0.4 is 15.9 Å². The van der Waals surface area contributed by atoms with Crippen molar-refractivity contribution in [3.63, 3.8) is 0 Å². The Balaban J connectivity index is 1.73. The van der Waals surface area contributed by atoms with Crippen LogP contribution in [0.2, 0.25) is 0 Å². The summed E-state index contributed by atoms with van der Waals surface area (Å²) in [6, 6.07) is 25.5. The Morgan fingerprint density at radius 2 is 1.14 bits per heavy atom. The molecule has 0 aliphatic heterocycles. The molecule has 2 N–H and O–H groups in total. The third-order valence-electron chi connectivity index (χ3n) is 6.32. The molecule has 0 radical (unpaired) electrons. The molecule has 0 saturated carbocycles. The highest BCUT2D eigenvalue weighted by Crippen LogP contribution is 2.33. The lowest BCUT2D eigenvalue weighted by Gasteiger charge is -2.16. The molecule has 0 spiro atoms. The van der Waals surface area contributed by atoms with Crippen LogP contribution in [0.4, 0.5) is 0 Å². The minimum absolute atomic E-state index is 0.246. The number of para-hydroxylation sites is 2. The zero-order valence-corrected chi connectivity index (χ0v) is 20.7. The summed E-state index contributed by atoms with van der Waals surface area (Å²) in [6.45, 7) is 4.99. The molecule has 37 heavy (non-hydrogen) atoms. The highest BCUT2D eigenvalue weighted by Gasteiger charge is 2.31. The first-order valence-electron chi connectivity index (χ1n) is 11.9. The molecule has 0 saturated heterocycles. The molecule has 8 nitrogen and oxygen atoms in total. The van der Waals surface area contributed by atoms with Crippen LogP contribution in [-0.4, -0.2) is 25.5 Å². The smallest absolute Gasteiger partial charge is 0.308 e. The van der Waals surface area contributed by atoms with Crippen molar-refractivity contribution in [2.24, 2.45) is 0 Å². The van der Waals surface area contributed by atoms with Crippen LogP contribution in [0.25, 0.3) is 11.4 Å². The fourth-order valence-electron chi connectivity index (χ4n) is 4.69. The molecule has 0 fully saturated rings. The summed E-state index contributed by atoms with van der Waals surface area (Å²) in [7, 11) is 0. The molecule has 0 bridgehead atoms. The van der Waals surface area contributed by atoms with E-state index < -0.39 is 11.9 Å². The minimum atomic E-state index is -0.672. The number of hydrogen-bond acceptors (Lipinski definition) is 4. The van der Waals surface area contributed by atoms with E-state index in [0.29, 0.717) is 39.6 Å². The van der Waals surface area contributed by atoms with Gasteiger partial charge in [-0.1, -0.05) is 48.5 Å². The largest absolute Gasteiger partial charge is 0.427 e. The number of aromatic nitrogens is 4. The molecule has 2 heterocycles. The lowest BCUT2D eigenvalue weighted by Crippen LogP contribution is -2.25. The topological polar surface area (TPSA) is 102 Å². The average molecular weight is 495 g/mol. The van der Waals surface area contributed by atoms with Crippen molar-refractivity contribution in [2.75, 3.05) is 0 Å². The molecule has 0 aliphatic rings. The van der Waals surface area contributed by atoms with Gasteiger partial charge in [0.25, 0.3) is 11.1 Å². The second-order valence-electron chi connectivity index (χ2n) is 8.85. The summed E-state index contributed by atoms with van der Waals surface area (Å²) in [5.74, 6) is -0.715. The van der Waals surface area contributed by atoms with Crippen LogP contribution in [0.1, 0.15) is 40.9 Å². The van der Waals surface area contributed by atoms with Gasteiger partial charge in [0.15, 0.2) is 0 Å². The molecule has 5 rings (SSSR count). The number of carbonyl (C=O) groups is 1. The summed E-state index contributed by atoms with van der Waals surface area (Å²) in [5.41, 5.74) is 3.83. The van der Waals surface area contributed by atoms with Crippen molar-refractivity contribution in [3.8, 4) is 17.1 Å². The fourth-order valence-corrected chi connectivity index (χ4v) is 4.69. The summed E-state index contributed by atoms with van der Waals surface area (Å²) in [4.78, 5) is 39.1. The Hall–Kier alpha value is -4.85. The van der Waals surface area contributed by atoms with Gasteiger partial charge < -0.3 is 4.74 Å². The van der Waals surface area contributed by atoms with Gasteiger partial charge in [0.2, 0.25) is 0 Å². The molecule has 0 aliphatic carbocycles. The highest BCUT2D eigenvalue weighted by atomic mass is 16.5. The Bertz CT molecular complexity index is 1580. The Morgan fingerprint density at radius 1 is 0.703 bits per heavy atom. The quantitative estimate of drug-likeness (QED) is 0.270. The van der Waals surface area contributed by atoms with Gasteiger partial charge in [-0.25, -0.2) is 9.36 Å². The molecular weight excluding hydrogens is 468 g/mol. The van der Waals surface area contributed by atoms with Gasteiger partial charge in [0.05, 0.1) is 22.5 Å². The number of benzene rings is 3. The predicted molar refractivity (Wildman–Crippen MR) is 141 cm³/mol. The van der Waals surface area contributed by atoms with Crippen LogP contribution in [-0.2, 0) is 4.79 Å². The number of aromatic amines is 2. The van der Waals surface area contributed by atoms with Crippen molar-refractivity contribution >= 4 is 5.97 Å². The number of aryl methyl sites for hydroxylation is 2. The summed E-state index contributed by atoms with van der Waals surface area (Å²) in [6.07, 6.45) is 0. The van der Waals surface area contributed by atoms with Gasteiger partial charge >= 0.3 is 5.97 Å². The number of rotatable bonds is 6. The third kappa shape index (κ3) is 4.45. The van der Waals surface area contributed by atoms with Gasteiger partial charge in [-0.15, -0.1) is 0 Å². The standard InChI is InChI=1S/C29H26N4O4/c1-18-25(28(35)32(30-18)22-10-6-4-7-11-22)27(21-14-16-24(17-15-21)37-20(3)34)26-19(2)31-33(29(26)36)23-12-8-5-9-13-23/h4-17,27,30-31H,1-3H3. The van der Waals surface area contributed by atoms with Crippen molar-refractivity contribution in [2.45, 2.75) is 26.7 Å². The number of esters is 1. The molecule has 8 heteroatoms. The summed E-state index contributed by atoms with van der Waals surface area (Å²) < 4.78 is 8.17. The maximum absolute atomic E-state index is 13.8. The number of hydrogen-bond donors (Lipinski definition) is 2. The van der Waals surface area contributed by atoms with Crippen molar-refractivity contribution in [1.82, 2.24) is 19.6 Å². The number of H-pyrrole nitrogens is 2. The highest BCUT2D eigenvalue weighted by molar-refractivity contribution is 5.69. The first kappa shape index (κ1) is 23.9. The van der Waals surface area contributed by atoms with Crippen LogP contribution >= 0.6 is 0 Å². The lowest BCUT2D eigenvalue weighted by molar-refractivity contribution is -0.131. The molecular formula is C29H26N4O4. The Labute approximate surface area is 212 Å². The van der Waals surface area contributed by atoms with E-state index in [1.165, 1.54) is 16.3 Å². The number of nitrogens with one attached hydrogen (secondary N) is 2. The summed E-state index contributed by atoms with van der Waals surface area (Å²) >= 11 is 0. The average Bonchev–Trinajstić information content (AvgIpc) is 3.36. The Morgan fingerprint density at radius 3 is 1.54 bits per heavy atom. The van der Waals surface area contributed by atoms with E-state index in [2.05, 4.69) is 10.2 Å². The van der Waals surface area contributed by atoms with Crippen molar-refractivity contribution < 1.29 is 9.53 Å². The Kier molecular flexibility index (Phi) is 6.23. The number of nitrogens with zero attached hydrogens (tertiary/aromatic N) is 2. The molecule has 0 atom stereocenters. The number of carbonyl (C=O) groups excluding carboxylic acids is 1. The normalized spacial score (nSPS) is 11.1. The fraction of sp³-hybridized carbons (Fsp3) is 0.138. The van der Waals surface area contributed by atoms with Gasteiger partial charge in [0, 0.05) is 24.2 Å². The molecule has 0 unspecified atom stereocenters. The first-order valence-corrected chi connectivity index (χ1v) is 11.9. The number of ether oxygens (including phenoxy) is 1. The second kappa shape index (κ2) is 9.66. The van der Waals surface area contributed by atoms with Crippen molar-refractivity contribution in [1.29, 1.82) is 0 Å².